The summed E-state index contributed by atoms with van der Waals surface area (Å²) in [6.07, 6.45) is 10.6. The lowest BCUT2D eigenvalue weighted by Crippen LogP contribution is -2.34. The first-order chi connectivity index (χ1) is 18.6. The van der Waals surface area contributed by atoms with Crippen LogP contribution < -0.4 is 5.32 Å². The molecule has 4 aromatic rings. The van der Waals surface area contributed by atoms with Crippen molar-refractivity contribution in [1.82, 2.24) is 14.9 Å². The van der Waals surface area contributed by atoms with E-state index in [4.69, 9.17) is 4.98 Å². The van der Waals surface area contributed by atoms with Crippen LogP contribution in [0.3, 0.4) is 0 Å². The van der Waals surface area contributed by atoms with E-state index in [2.05, 4.69) is 70.8 Å². The fourth-order valence-corrected chi connectivity index (χ4v) is 6.08. The standard InChI is InChI=1S/C33H35FN4/c1-38(28-7-3-2-4-8-28)20-19-23-11-17-27(18-12-23)36-33-35-22-25-21-31(24-13-15-26(34)16-14-24)29-9-5-6-10-30(29)32(25)37-33/h5-6,9-18,22,28,31H,2-4,7-8,19-21H2,1H3,(H,35,36,37)/t31-/m0/s1. The number of halogens is 1. The molecule has 0 aliphatic heterocycles. The van der Waals surface area contributed by atoms with Gasteiger partial charge >= 0.3 is 0 Å². The molecule has 1 aromatic heterocycles. The Morgan fingerprint density at radius 1 is 0.921 bits per heavy atom. The molecule has 0 radical (unpaired) electrons. The van der Waals surface area contributed by atoms with E-state index in [0.717, 1.165) is 53.5 Å². The lowest BCUT2D eigenvalue weighted by molar-refractivity contribution is 0.194. The largest absolute Gasteiger partial charge is 0.324 e. The quantitative estimate of drug-likeness (QED) is 0.281. The molecular weight excluding hydrogens is 471 g/mol. The second-order valence-electron chi connectivity index (χ2n) is 10.8. The summed E-state index contributed by atoms with van der Waals surface area (Å²) >= 11 is 0. The summed E-state index contributed by atoms with van der Waals surface area (Å²) in [6.45, 7) is 1.10. The number of rotatable bonds is 7. The molecule has 0 saturated heterocycles. The first kappa shape index (κ1) is 24.7. The second-order valence-corrected chi connectivity index (χ2v) is 10.8. The predicted octanol–water partition coefficient (Wildman–Crippen LogP) is 7.52. The van der Waals surface area contributed by atoms with Crippen molar-refractivity contribution < 1.29 is 4.39 Å². The van der Waals surface area contributed by atoms with Crippen LogP contribution in [-0.4, -0.2) is 34.5 Å². The van der Waals surface area contributed by atoms with Gasteiger partial charge in [0.15, 0.2) is 0 Å². The van der Waals surface area contributed by atoms with Crippen LogP contribution in [0.15, 0.2) is 79.0 Å². The maximum Gasteiger partial charge on any atom is 0.227 e. The molecule has 0 spiro atoms. The van der Waals surface area contributed by atoms with Gasteiger partial charge in [-0.15, -0.1) is 0 Å². The van der Waals surface area contributed by atoms with Crippen molar-refractivity contribution in [2.45, 2.75) is 56.9 Å². The van der Waals surface area contributed by atoms with Gasteiger partial charge in [-0.05, 0) is 79.3 Å². The van der Waals surface area contributed by atoms with Crippen LogP contribution in [-0.2, 0) is 12.8 Å². The number of fused-ring (bicyclic) bond motifs is 3. The monoisotopic (exact) mass is 506 g/mol. The number of nitrogens with zero attached hydrogens (tertiary/aromatic N) is 3. The smallest absolute Gasteiger partial charge is 0.227 e. The number of benzene rings is 3. The molecule has 2 aliphatic rings. The Kier molecular flexibility index (Phi) is 7.19. The highest BCUT2D eigenvalue weighted by Crippen LogP contribution is 2.42. The number of likely N-dealkylation sites (N-methyl/N-ethyl adjacent to an activating group) is 1. The van der Waals surface area contributed by atoms with Crippen molar-refractivity contribution in [3.8, 4) is 11.3 Å². The molecule has 1 atom stereocenters. The molecule has 0 unspecified atom stereocenters. The highest BCUT2D eigenvalue weighted by Gasteiger charge is 2.27. The summed E-state index contributed by atoms with van der Waals surface area (Å²) < 4.78 is 13.5. The minimum atomic E-state index is -0.211. The van der Waals surface area contributed by atoms with Gasteiger partial charge in [-0.1, -0.05) is 67.8 Å². The number of hydrogen-bond donors (Lipinski definition) is 1. The second kappa shape index (κ2) is 11.0. The minimum Gasteiger partial charge on any atom is -0.324 e. The van der Waals surface area contributed by atoms with Gasteiger partial charge in [0, 0.05) is 36.0 Å². The Bertz CT molecular complexity index is 1380. The van der Waals surface area contributed by atoms with Crippen molar-refractivity contribution in [3.63, 3.8) is 0 Å². The molecule has 1 N–H and O–H groups in total. The van der Waals surface area contributed by atoms with Crippen LogP contribution in [0.2, 0.25) is 0 Å². The van der Waals surface area contributed by atoms with Crippen molar-refractivity contribution in [2.24, 2.45) is 0 Å². The van der Waals surface area contributed by atoms with Crippen molar-refractivity contribution in [1.29, 1.82) is 0 Å². The molecule has 4 nitrogen and oxygen atoms in total. The Morgan fingerprint density at radius 3 is 2.47 bits per heavy atom. The van der Waals surface area contributed by atoms with Crippen molar-refractivity contribution in [2.75, 3.05) is 18.9 Å². The Morgan fingerprint density at radius 2 is 1.68 bits per heavy atom. The Labute approximate surface area is 225 Å². The van der Waals surface area contributed by atoms with E-state index in [1.807, 2.05) is 18.3 Å². The zero-order valence-corrected chi connectivity index (χ0v) is 22.0. The van der Waals surface area contributed by atoms with E-state index >= 15 is 0 Å². The van der Waals surface area contributed by atoms with Gasteiger partial charge in [0.1, 0.15) is 5.82 Å². The maximum atomic E-state index is 13.5. The van der Waals surface area contributed by atoms with Crippen LogP contribution in [0.1, 0.15) is 60.3 Å². The van der Waals surface area contributed by atoms with Crippen LogP contribution >= 0.6 is 0 Å². The molecule has 6 rings (SSSR count). The lowest BCUT2D eigenvalue weighted by Gasteiger charge is -2.31. The zero-order chi connectivity index (χ0) is 25.9. The van der Waals surface area contributed by atoms with Gasteiger partial charge in [0.05, 0.1) is 5.69 Å². The number of anilines is 2. The van der Waals surface area contributed by atoms with Crippen LogP contribution in [0.25, 0.3) is 11.3 Å². The van der Waals surface area contributed by atoms with E-state index in [0.29, 0.717) is 5.95 Å². The third-order valence-corrected chi connectivity index (χ3v) is 8.31. The summed E-state index contributed by atoms with van der Waals surface area (Å²) in [5, 5.41) is 3.40. The zero-order valence-electron chi connectivity index (χ0n) is 22.0. The number of aromatic nitrogens is 2. The summed E-state index contributed by atoms with van der Waals surface area (Å²) in [7, 11) is 2.28. The van der Waals surface area contributed by atoms with E-state index < -0.39 is 0 Å². The normalized spacial score (nSPS) is 17.2. The molecule has 1 heterocycles. The summed E-state index contributed by atoms with van der Waals surface area (Å²) in [5.74, 6) is 0.548. The molecular formula is C33H35FN4. The molecule has 1 saturated carbocycles. The molecule has 0 amide bonds. The highest BCUT2D eigenvalue weighted by atomic mass is 19.1. The van der Waals surface area contributed by atoms with Gasteiger partial charge in [-0.25, -0.2) is 14.4 Å². The third-order valence-electron chi connectivity index (χ3n) is 8.31. The minimum absolute atomic E-state index is 0.159. The molecule has 194 valence electrons. The van der Waals surface area contributed by atoms with Crippen LogP contribution in [0, 0.1) is 5.82 Å². The Hall–Kier alpha value is -3.57. The van der Waals surface area contributed by atoms with Crippen molar-refractivity contribution >= 4 is 11.6 Å². The first-order valence-electron chi connectivity index (χ1n) is 13.9. The average Bonchev–Trinajstić information content (AvgIpc) is 2.97. The summed E-state index contributed by atoms with van der Waals surface area (Å²) in [5.41, 5.74) is 7.87. The Balaban J connectivity index is 1.15. The van der Waals surface area contributed by atoms with Gasteiger partial charge in [-0.3, -0.25) is 0 Å². The molecule has 5 heteroatoms. The van der Waals surface area contributed by atoms with Crippen LogP contribution in [0.4, 0.5) is 16.0 Å². The van der Waals surface area contributed by atoms with Gasteiger partial charge in [0.25, 0.3) is 0 Å². The molecule has 1 fully saturated rings. The van der Waals surface area contributed by atoms with Gasteiger partial charge in [-0.2, -0.15) is 0 Å². The fourth-order valence-electron chi connectivity index (χ4n) is 6.08. The molecule has 2 aliphatic carbocycles. The van der Waals surface area contributed by atoms with E-state index in [-0.39, 0.29) is 11.7 Å². The van der Waals surface area contributed by atoms with Gasteiger partial charge in [0.2, 0.25) is 5.95 Å². The lowest BCUT2D eigenvalue weighted by atomic mass is 9.78. The van der Waals surface area contributed by atoms with Crippen molar-refractivity contribution in [3.05, 3.63) is 107 Å². The van der Waals surface area contributed by atoms with E-state index in [9.17, 15) is 4.39 Å². The van der Waals surface area contributed by atoms with E-state index in [1.54, 1.807) is 0 Å². The molecule has 3 aromatic carbocycles. The van der Waals surface area contributed by atoms with E-state index in [1.165, 1.54) is 55.4 Å². The highest BCUT2D eigenvalue weighted by molar-refractivity contribution is 5.73. The van der Waals surface area contributed by atoms with Crippen LogP contribution in [0.5, 0.6) is 0 Å². The molecule has 38 heavy (non-hydrogen) atoms. The van der Waals surface area contributed by atoms with Gasteiger partial charge < -0.3 is 10.2 Å². The first-order valence-corrected chi connectivity index (χ1v) is 13.9. The summed E-state index contributed by atoms with van der Waals surface area (Å²) in [4.78, 5) is 12.1. The third kappa shape index (κ3) is 5.34. The predicted molar refractivity (Wildman–Crippen MR) is 152 cm³/mol. The maximum absolute atomic E-state index is 13.5. The fraction of sp³-hybridized carbons (Fsp3) is 0.333. The average molecular weight is 507 g/mol. The topological polar surface area (TPSA) is 41.0 Å². The number of hydrogen-bond acceptors (Lipinski definition) is 4. The number of nitrogens with one attached hydrogen (secondary N) is 1. The molecule has 0 bridgehead atoms. The summed E-state index contributed by atoms with van der Waals surface area (Å²) in [6, 6.07) is 24.7. The SMILES string of the molecule is CN(CCc1ccc(Nc2ncc3c(n2)-c2ccccc2[C@H](c2ccc(F)cc2)C3)cc1)C1CCCCC1.